The fourth-order valence-electron chi connectivity index (χ4n) is 3.70. The molecule has 3 aromatic rings. The molecule has 1 aliphatic carbocycles. The Morgan fingerprint density at radius 3 is 2.45 bits per heavy atom. The van der Waals surface area contributed by atoms with E-state index in [-0.39, 0.29) is 5.41 Å². The van der Waals surface area contributed by atoms with Gasteiger partial charge in [0.15, 0.2) is 0 Å². The van der Waals surface area contributed by atoms with E-state index >= 15 is 0 Å². The number of hydrogen-bond acceptors (Lipinski definition) is 0. The van der Waals surface area contributed by atoms with Gasteiger partial charge in [-0.3, -0.25) is 0 Å². The number of benzene rings is 3. The Morgan fingerprint density at radius 2 is 1.60 bits per heavy atom. The predicted octanol–water partition coefficient (Wildman–Crippen LogP) is 5.69. The summed E-state index contributed by atoms with van der Waals surface area (Å²) in [5, 5.41) is 5.53. The molecule has 0 atom stereocenters. The SMILES string of the molecule is CC1=CC(C)(C)c2cc3ccccc3c3cccc1c23. The summed E-state index contributed by atoms with van der Waals surface area (Å²) in [6, 6.07) is 17.8. The molecule has 4 rings (SSSR count). The van der Waals surface area contributed by atoms with Crippen molar-refractivity contribution < 1.29 is 0 Å². The van der Waals surface area contributed by atoms with Gasteiger partial charge >= 0.3 is 0 Å². The lowest BCUT2D eigenvalue weighted by Crippen LogP contribution is -2.18. The molecule has 0 amide bonds. The molecule has 0 radical (unpaired) electrons. The van der Waals surface area contributed by atoms with E-state index in [0.717, 1.165) is 0 Å². The first-order valence-corrected chi connectivity index (χ1v) is 7.23. The molecule has 0 spiro atoms. The van der Waals surface area contributed by atoms with Crippen molar-refractivity contribution in [3.63, 3.8) is 0 Å². The first-order chi connectivity index (χ1) is 9.58. The van der Waals surface area contributed by atoms with E-state index in [9.17, 15) is 0 Å². The van der Waals surface area contributed by atoms with Crippen LogP contribution in [-0.4, -0.2) is 0 Å². The Balaban J connectivity index is 2.32. The topological polar surface area (TPSA) is 0 Å². The lowest BCUT2D eigenvalue weighted by molar-refractivity contribution is 0.675. The van der Waals surface area contributed by atoms with E-state index in [1.807, 2.05) is 0 Å². The van der Waals surface area contributed by atoms with Gasteiger partial charge in [0.05, 0.1) is 0 Å². The fraction of sp³-hybridized carbons (Fsp3) is 0.200. The van der Waals surface area contributed by atoms with Crippen LogP contribution in [-0.2, 0) is 5.41 Å². The zero-order valence-corrected chi connectivity index (χ0v) is 12.2. The maximum Gasteiger partial charge on any atom is 0.00878 e. The zero-order valence-electron chi connectivity index (χ0n) is 12.2. The molecule has 0 N–H and O–H groups in total. The van der Waals surface area contributed by atoms with Crippen molar-refractivity contribution in [1.82, 2.24) is 0 Å². The Labute approximate surface area is 119 Å². The number of rotatable bonds is 0. The van der Waals surface area contributed by atoms with Gasteiger partial charge in [0, 0.05) is 5.41 Å². The van der Waals surface area contributed by atoms with Crippen LogP contribution < -0.4 is 0 Å². The smallest absolute Gasteiger partial charge is 0.00878 e. The summed E-state index contributed by atoms with van der Waals surface area (Å²) in [6.45, 7) is 6.86. The lowest BCUT2D eigenvalue weighted by Gasteiger charge is -2.30. The van der Waals surface area contributed by atoms with Crippen LogP contribution in [0, 0.1) is 0 Å². The van der Waals surface area contributed by atoms with Crippen molar-refractivity contribution in [3.8, 4) is 0 Å². The van der Waals surface area contributed by atoms with Crippen LogP contribution >= 0.6 is 0 Å². The normalized spacial score (nSPS) is 16.4. The maximum absolute atomic E-state index is 2.40. The molecule has 0 aliphatic heterocycles. The molecular weight excluding hydrogens is 240 g/mol. The van der Waals surface area contributed by atoms with E-state index in [1.165, 1.54) is 38.2 Å². The van der Waals surface area contributed by atoms with Crippen molar-refractivity contribution in [2.24, 2.45) is 0 Å². The van der Waals surface area contributed by atoms with Crippen molar-refractivity contribution in [2.75, 3.05) is 0 Å². The van der Waals surface area contributed by atoms with Crippen LogP contribution in [0.25, 0.3) is 27.1 Å². The van der Waals surface area contributed by atoms with Gasteiger partial charge in [0.25, 0.3) is 0 Å². The van der Waals surface area contributed by atoms with Gasteiger partial charge in [0.1, 0.15) is 0 Å². The molecule has 3 aromatic carbocycles. The minimum Gasteiger partial charge on any atom is -0.0709 e. The second-order valence-electron chi connectivity index (χ2n) is 6.42. The van der Waals surface area contributed by atoms with E-state index in [4.69, 9.17) is 0 Å². The van der Waals surface area contributed by atoms with Gasteiger partial charge in [-0.2, -0.15) is 0 Å². The van der Waals surface area contributed by atoms with Crippen LogP contribution in [0.5, 0.6) is 0 Å². The highest BCUT2D eigenvalue weighted by Crippen LogP contribution is 2.44. The summed E-state index contributed by atoms with van der Waals surface area (Å²) >= 11 is 0. The Hall–Kier alpha value is -2.08. The minimum atomic E-state index is 0.0979. The molecule has 0 saturated heterocycles. The van der Waals surface area contributed by atoms with Crippen LogP contribution in [0.3, 0.4) is 0 Å². The van der Waals surface area contributed by atoms with Gasteiger partial charge in [-0.1, -0.05) is 62.4 Å². The lowest BCUT2D eigenvalue weighted by atomic mass is 9.73. The molecule has 0 heteroatoms. The van der Waals surface area contributed by atoms with E-state index in [0.29, 0.717) is 0 Å². The molecule has 0 saturated carbocycles. The standard InChI is InChI=1S/C20H18/c1-13-12-20(2,3)18-11-14-7-4-5-8-16(14)17-10-6-9-15(13)19(17)18/h4-12H,1-3H3. The quantitative estimate of drug-likeness (QED) is 0.454. The molecule has 0 fully saturated rings. The molecular formula is C20H18. The van der Waals surface area contributed by atoms with E-state index < -0.39 is 0 Å². The Kier molecular flexibility index (Phi) is 2.18. The maximum atomic E-state index is 2.40. The molecule has 1 aliphatic rings. The average molecular weight is 258 g/mol. The molecule has 20 heavy (non-hydrogen) atoms. The molecule has 0 unspecified atom stereocenters. The highest BCUT2D eigenvalue weighted by Gasteiger charge is 2.27. The monoisotopic (exact) mass is 258 g/mol. The van der Waals surface area contributed by atoms with Gasteiger partial charge < -0.3 is 0 Å². The minimum absolute atomic E-state index is 0.0979. The number of hydrogen-bond donors (Lipinski definition) is 0. The predicted molar refractivity (Wildman–Crippen MR) is 88.1 cm³/mol. The van der Waals surface area contributed by atoms with Gasteiger partial charge in [0.2, 0.25) is 0 Å². The highest BCUT2D eigenvalue weighted by molar-refractivity contribution is 6.13. The van der Waals surface area contributed by atoms with Crippen LogP contribution in [0.1, 0.15) is 31.9 Å². The Morgan fingerprint density at radius 1 is 0.850 bits per heavy atom. The molecule has 0 heterocycles. The highest BCUT2D eigenvalue weighted by atomic mass is 14.3. The fourth-order valence-corrected chi connectivity index (χ4v) is 3.70. The zero-order chi connectivity index (χ0) is 13.9. The van der Waals surface area contributed by atoms with Gasteiger partial charge in [-0.05, 0) is 51.2 Å². The van der Waals surface area contributed by atoms with Gasteiger partial charge in [-0.25, -0.2) is 0 Å². The second kappa shape index (κ2) is 3.73. The van der Waals surface area contributed by atoms with Crippen LogP contribution in [0.2, 0.25) is 0 Å². The third kappa shape index (κ3) is 1.42. The summed E-state index contributed by atoms with van der Waals surface area (Å²) in [7, 11) is 0. The van der Waals surface area contributed by atoms with Crippen molar-refractivity contribution in [3.05, 3.63) is 65.7 Å². The van der Waals surface area contributed by atoms with Crippen molar-refractivity contribution in [1.29, 1.82) is 0 Å². The third-order valence-corrected chi connectivity index (χ3v) is 4.58. The van der Waals surface area contributed by atoms with E-state index in [2.05, 4.69) is 75.4 Å². The summed E-state index contributed by atoms with van der Waals surface area (Å²) in [5.74, 6) is 0. The molecule has 0 aromatic heterocycles. The summed E-state index contributed by atoms with van der Waals surface area (Å²) in [6.07, 6.45) is 2.40. The van der Waals surface area contributed by atoms with E-state index in [1.54, 1.807) is 0 Å². The second-order valence-corrected chi connectivity index (χ2v) is 6.42. The summed E-state index contributed by atoms with van der Waals surface area (Å²) in [4.78, 5) is 0. The summed E-state index contributed by atoms with van der Waals surface area (Å²) in [5.41, 5.74) is 4.33. The molecule has 0 nitrogen and oxygen atoms in total. The van der Waals surface area contributed by atoms with Crippen molar-refractivity contribution >= 4 is 27.1 Å². The Bertz CT molecular complexity index is 879. The molecule has 98 valence electrons. The largest absolute Gasteiger partial charge is 0.0709 e. The summed E-state index contributed by atoms with van der Waals surface area (Å²) < 4.78 is 0. The van der Waals surface area contributed by atoms with Crippen molar-refractivity contribution in [2.45, 2.75) is 26.2 Å². The number of allylic oxidation sites excluding steroid dienone is 2. The number of fused-ring (bicyclic) bond motifs is 2. The first kappa shape index (κ1) is 11.7. The van der Waals surface area contributed by atoms with Crippen LogP contribution in [0.15, 0.2) is 54.6 Å². The van der Waals surface area contributed by atoms with Gasteiger partial charge in [-0.15, -0.1) is 0 Å². The third-order valence-electron chi connectivity index (χ3n) is 4.58. The average Bonchev–Trinajstić information content (AvgIpc) is 2.44. The molecule has 0 bridgehead atoms. The first-order valence-electron chi connectivity index (χ1n) is 7.23. The van der Waals surface area contributed by atoms with Crippen LogP contribution in [0.4, 0.5) is 0 Å².